The summed E-state index contributed by atoms with van der Waals surface area (Å²) < 4.78 is 27.9. The van der Waals surface area contributed by atoms with Crippen molar-refractivity contribution in [1.82, 2.24) is 4.72 Å². The molecule has 1 saturated carbocycles. The topological polar surface area (TPSA) is 66.4 Å². The second-order valence-electron chi connectivity index (χ2n) is 5.93. The van der Waals surface area contributed by atoms with E-state index in [0.717, 1.165) is 31.2 Å². The summed E-state index contributed by atoms with van der Waals surface area (Å²) in [6.07, 6.45) is 5.01. The fraction of sp³-hybridized carbons (Fsp3) is 0.625. The molecule has 2 atom stereocenters. The Kier molecular flexibility index (Phi) is 5.41. The number of benzene rings is 1. The van der Waals surface area contributed by atoms with Crippen molar-refractivity contribution in [2.45, 2.75) is 63.5 Å². The SMILES string of the molecule is CCc1ccc(S(=O)(=O)NC2CCCCC2C)cc1CO. The fourth-order valence-electron chi connectivity index (χ4n) is 3.02. The molecular weight excluding hydrogens is 286 g/mol. The molecule has 1 aliphatic carbocycles. The Labute approximate surface area is 127 Å². The van der Waals surface area contributed by atoms with Gasteiger partial charge in [-0.25, -0.2) is 13.1 Å². The first-order valence-corrected chi connectivity index (χ1v) is 9.21. The maximum absolute atomic E-state index is 12.5. The fourth-order valence-corrected chi connectivity index (χ4v) is 4.45. The molecule has 1 aromatic carbocycles. The van der Waals surface area contributed by atoms with Gasteiger partial charge >= 0.3 is 0 Å². The second kappa shape index (κ2) is 6.90. The van der Waals surface area contributed by atoms with Gasteiger partial charge in [0.25, 0.3) is 0 Å². The summed E-state index contributed by atoms with van der Waals surface area (Å²) in [5.41, 5.74) is 1.68. The van der Waals surface area contributed by atoms with Gasteiger partial charge in [0.1, 0.15) is 0 Å². The van der Waals surface area contributed by atoms with Crippen LogP contribution in [-0.4, -0.2) is 19.6 Å². The Balaban J connectivity index is 2.22. The molecule has 0 aromatic heterocycles. The van der Waals surface area contributed by atoms with Crippen molar-refractivity contribution in [1.29, 1.82) is 0 Å². The van der Waals surface area contributed by atoms with E-state index < -0.39 is 10.0 Å². The van der Waals surface area contributed by atoms with E-state index in [9.17, 15) is 13.5 Å². The van der Waals surface area contributed by atoms with Crippen LogP contribution in [0.4, 0.5) is 0 Å². The van der Waals surface area contributed by atoms with E-state index in [2.05, 4.69) is 11.6 Å². The van der Waals surface area contributed by atoms with E-state index in [4.69, 9.17) is 0 Å². The molecule has 2 rings (SSSR count). The summed E-state index contributed by atoms with van der Waals surface area (Å²) in [5.74, 6) is 0.376. The molecule has 1 aromatic rings. The maximum atomic E-state index is 12.5. The van der Waals surface area contributed by atoms with Crippen molar-refractivity contribution in [3.63, 3.8) is 0 Å². The molecule has 5 heteroatoms. The number of aliphatic hydroxyl groups excluding tert-OH is 1. The zero-order valence-electron chi connectivity index (χ0n) is 12.8. The number of aliphatic hydroxyl groups is 1. The van der Waals surface area contributed by atoms with Crippen LogP contribution in [0.2, 0.25) is 0 Å². The molecule has 0 radical (unpaired) electrons. The average Bonchev–Trinajstić information content (AvgIpc) is 2.48. The molecule has 2 N–H and O–H groups in total. The molecule has 1 fully saturated rings. The minimum absolute atomic E-state index is 0.0205. The van der Waals surface area contributed by atoms with Gasteiger partial charge in [0.15, 0.2) is 0 Å². The molecule has 0 amide bonds. The molecule has 0 spiro atoms. The van der Waals surface area contributed by atoms with Crippen LogP contribution in [0, 0.1) is 5.92 Å². The summed E-state index contributed by atoms with van der Waals surface area (Å²) in [7, 11) is -3.51. The highest BCUT2D eigenvalue weighted by molar-refractivity contribution is 7.89. The number of hydrogen-bond donors (Lipinski definition) is 2. The van der Waals surface area contributed by atoms with Gasteiger partial charge in [-0.05, 0) is 48.4 Å². The van der Waals surface area contributed by atoms with Crippen LogP contribution in [0.1, 0.15) is 50.7 Å². The lowest BCUT2D eigenvalue weighted by atomic mass is 9.87. The van der Waals surface area contributed by atoms with Crippen molar-refractivity contribution >= 4 is 10.0 Å². The average molecular weight is 311 g/mol. The lowest BCUT2D eigenvalue weighted by molar-refractivity contribution is 0.280. The van der Waals surface area contributed by atoms with Gasteiger partial charge in [0, 0.05) is 6.04 Å². The molecule has 0 saturated heterocycles. The molecule has 0 heterocycles. The van der Waals surface area contributed by atoms with Gasteiger partial charge in [0.05, 0.1) is 11.5 Å². The van der Waals surface area contributed by atoms with E-state index in [1.54, 1.807) is 18.2 Å². The standard InChI is InChI=1S/C16H25NO3S/c1-3-13-8-9-15(10-14(13)11-18)21(19,20)17-16-7-5-4-6-12(16)2/h8-10,12,16-18H,3-7,11H2,1-2H3. The van der Waals surface area contributed by atoms with Crippen molar-refractivity contribution in [3.05, 3.63) is 29.3 Å². The minimum atomic E-state index is -3.51. The monoisotopic (exact) mass is 311 g/mol. The molecule has 21 heavy (non-hydrogen) atoms. The third kappa shape index (κ3) is 3.84. The molecule has 4 nitrogen and oxygen atoms in total. The zero-order chi connectivity index (χ0) is 15.5. The highest BCUT2D eigenvalue weighted by Gasteiger charge is 2.27. The van der Waals surface area contributed by atoms with E-state index in [1.807, 2.05) is 6.92 Å². The molecule has 0 bridgehead atoms. The van der Waals surface area contributed by atoms with Crippen LogP contribution >= 0.6 is 0 Å². The molecule has 1 aliphatic rings. The molecule has 118 valence electrons. The van der Waals surface area contributed by atoms with Gasteiger partial charge < -0.3 is 5.11 Å². The first-order chi connectivity index (χ1) is 9.97. The quantitative estimate of drug-likeness (QED) is 0.878. The van der Waals surface area contributed by atoms with Crippen molar-refractivity contribution in [3.8, 4) is 0 Å². The summed E-state index contributed by atoms with van der Waals surface area (Å²) in [5, 5.41) is 9.39. The third-order valence-electron chi connectivity index (χ3n) is 4.46. The number of aryl methyl sites for hydroxylation is 1. The van der Waals surface area contributed by atoms with Crippen LogP contribution < -0.4 is 4.72 Å². The van der Waals surface area contributed by atoms with E-state index in [1.165, 1.54) is 6.42 Å². The number of nitrogens with one attached hydrogen (secondary N) is 1. The first-order valence-electron chi connectivity index (χ1n) is 7.73. The Morgan fingerprint density at radius 1 is 1.24 bits per heavy atom. The van der Waals surface area contributed by atoms with E-state index in [0.29, 0.717) is 11.5 Å². The minimum Gasteiger partial charge on any atom is -0.392 e. The highest BCUT2D eigenvalue weighted by atomic mass is 32.2. The van der Waals surface area contributed by atoms with E-state index in [-0.39, 0.29) is 17.5 Å². The summed E-state index contributed by atoms with van der Waals surface area (Å²) in [4.78, 5) is 0.251. The molecular formula is C16H25NO3S. The normalized spacial score (nSPS) is 23.2. The zero-order valence-corrected chi connectivity index (χ0v) is 13.6. The first kappa shape index (κ1) is 16.5. The van der Waals surface area contributed by atoms with Gasteiger partial charge in [-0.3, -0.25) is 0 Å². The van der Waals surface area contributed by atoms with Crippen LogP contribution in [0.15, 0.2) is 23.1 Å². The van der Waals surface area contributed by atoms with Gasteiger partial charge in [-0.15, -0.1) is 0 Å². The Morgan fingerprint density at radius 3 is 2.57 bits per heavy atom. The van der Waals surface area contributed by atoms with Crippen molar-refractivity contribution in [2.75, 3.05) is 0 Å². The predicted octanol–water partition coefficient (Wildman–Crippen LogP) is 2.60. The van der Waals surface area contributed by atoms with E-state index >= 15 is 0 Å². The van der Waals surface area contributed by atoms with Crippen LogP contribution in [-0.2, 0) is 23.1 Å². The third-order valence-corrected chi connectivity index (χ3v) is 5.94. The van der Waals surface area contributed by atoms with Crippen LogP contribution in [0.3, 0.4) is 0 Å². The van der Waals surface area contributed by atoms with Gasteiger partial charge in [-0.2, -0.15) is 0 Å². The Hall–Kier alpha value is -0.910. The van der Waals surface area contributed by atoms with Crippen LogP contribution in [0.5, 0.6) is 0 Å². The summed E-state index contributed by atoms with van der Waals surface area (Å²) in [6, 6.07) is 5.04. The lowest BCUT2D eigenvalue weighted by Crippen LogP contribution is -2.41. The lowest BCUT2D eigenvalue weighted by Gasteiger charge is -2.29. The number of rotatable bonds is 5. The smallest absolute Gasteiger partial charge is 0.240 e. The summed E-state index contributed by atoms with van der Waals surface area (Å²) in [6.45, 7) is 3.96. The Bertz CT molecular complexity index is 583. The largest absolute Gasteiger partial charge is 0.392 e. The highest BCUT2D eigenvalue weighted by Crippen LogP contribution is 2.26. The Morgan fingerprint density at radius 2 is 1.95 bits per heavy atom. The van der Waals surface area contributed by atoms with Crippen LogP contribution in [0.25, 0.3) is 0 Å². The van der Waals surface area contributed by atoms with Crippen molar-refractivity contribution in [2.24, 2.45) is 5.92 Å². The molecule has 2 unspecified atom stereocenters. The van der Waals surface area contributed by atoms with Gasteiger partial charge in [-0.1, -0.05) is 32.8 Å². The number of hydrogen-bond acceptors (Lipinski definition) is 3. The summed E-state index contributed by atoms with van der Waals surface area (Å²) >= 11 is 0. The molecule has 0 aliphatic heterocycles. The van der Waals surface area contributed by atoms with Crippen molar-refractivity contribution < 1.29 is 13.5 Å². The predicted molar refractivity (Wildman–Crippen MR) is 83.5 cm³/mol. The number of sulfonamides is 1. The van der Waals surface area contributed by atoms with Gasteiger partial charge in [0.2, 0.25) is 10.0 Å². The maximum Gasteiger partial charge on any atom is 0.240 e. The second-order valence-corrected chi connectivity index (χ2v) is 7.65.